The summed E-state index contributed by atoms with van der Waals surface area (Å²) < 4.78 is 45.8. The Hall–Kier alpha value is -3.45. The summed E-state index contributed by atoms with van der Waals surface area (Å²) in [5.74, 6) is -2.96. The van der Waals surface area contributed by atoms with Gasteiger partial charge in [0.05, 0.1) is 15.6 Å². The van der Waals surface area contributed by atoms with Gasteiger partial charge in [0.15, 0.2) is 0 Å². The van der Waals surface area contributed by atoms with E-state index in [1.165, 1.54) is 30.5 Å². The Labute approximate surface area is 230 Å². The van der Waals surface area contributed by atoms with Gasteiger partial charge in [0.2, 0.25) is 5.91 Å². The second kappa shape index (κ2) is 13.0. The van der Waals surface area contributed by atoms with E-state index in [-0.39, 0.29) is 47.7 Å². The maximum absolute atomic E-state index is 13.2. The molecular formula is C28H29Cl2N3O3. The lowest BCUT2D eigenvalue weighted by molar-refractivity contribution is -0.117. The van der Waals surface area contributed by atoms with Crippen LogP contribution < -0.4 is 11.1 Å². The highest BCUT2D eigenvalue weighted by atomic mass is 35.5. The van der Waals surface area contributed by atoms with Crippen molar-refractivity contribution in [1.29, 1.82) is 0 Å². The number of hydrogen-bond donors (Lipinski definition) is 2. The van der Waals surface area contributed by atoms with Gasteiger partial charge in [-0.2, -0.15) is 0 Å². The van der Waals surface area contributed by atoms with E-state index in [1.807, 2.05) is 6.92 Å². The van der Waals surface area contributed by atoms with Crippen LogP contribution in [-0.4, -0.2) is 23.4 Å². The Morgan fingerprint density at radius 2 is 1.78 bits per heavy atom. The second-order valence-electron chi connectivity index (χ2n) is 7.88. The maximum atomic E-state index is 13.2. The van der Waals surface area contributed by atoms with Gasteiger partial charge < -0.3 is 15.8 Å². The van der Waals surface area contributed by atoms with Gasteiger partial charge in [-0.1, -0.05) is 48.0 Å². The zero-order chi connectivity index (χ0) is 28.5. The minimum absolute atomic E-state index is 0. The number of hydrogen-bond acceptors (Lipinski definition) is 5. The molecule has 1 amide bonds. The van der Waals surface area contributed by atoms with Crippen LogP contribution in [0.1, 0.15) is 45.4 Å². The third-order valence-electron chi connectivity index (χ3n) is 5.37. The number of esters is 1. The standard InChI is InChI=1S/C28H27N3O3.2ClH/c1-18-3-10-25(19(2)13-18)28(33)34-17-20-4-6-21(7-5-20)26(15-29)27(32)31-24-9-8-23-16-30-12-11-22(23)14-24;;/h3-14,16,26H,15,17,29H2,1-2H3,(H,31,32);2*1H/i15D2,16D,17D2;;. The van der Waals surface area contributed by atoms with Crippen molar-refractivity contribution in [3.8, 4) is 0 Å². The van der Waals surface area contributed by atoms with Gasteiger partial charge >= 0.3 is 5.97 Å². The maximum Gasteiger partial charge on any atom is 0.338 e. The van der Waals surface area contributed by atoms with Crippen molar-refractivity contribution in [1.82, 2.24) is 4.98 Å². The SMILES string of the molecule is Cl.Cl.[2H]c1nccc2cc(NC(=O)C(c3ccc(C([2H])([2H])OC(=O)c4ccc(C)cc4C)cc3)C([2H])([2H])N)ccc12. The van der Waals surface area contributed by atoms with Crippen LogP contribution in [0.15, 0.2) is 79.1 Å². The van der Waals surface area contributed by atoms with E-state index in [0.29, 0.717) is 22.0 Å². The van der Waals surface area contributed by atoms with Crippen LogP contribution in [-0.2, 0) is 16.1 Å². The summed E-state index contributed by atoms with van der Waals surface area (Å²) in [7, 11) is 0. The van der Waals surface area contributed by atoms with Gasteiger partial charge in [-0.15, -0.1) is 24.8 Å². The zero-order valence-corrected chi connectivity index (χ0v) is 21.2. The second-order valence-corrected chi connectivity index (χ2v) is 7.88. The van der Waals surface area contributed by atoms with E-state index in [0.717, 1.165) is 5.56 Å². The summed E-state index contributed by atoms with van der Waals surface area (Å²) in [4.78, 5) is 29.7. The smallest absolute Gasteiger partial charge is 0.338 e. The van der Waals surface area contributed by atoms with Gasteiger partial charge in [-0.05, 0) is 60.2 Å². The molecule has 8 heteroatoms. The number of aryl methyl sites for hydroxylation is 2. The van der Waals surface area contributed by atoms with E-state index in [4.69, 9.17) is 17.3 Å². The van der Waals surface area contributed by atoms with Crippen LogP contribution >= 0.6 is 24.8 Å². The normalized spacial score (nSPS) is 13.9. The van der Waals surface area contributed by atoms with Crippen LogP contribution in [0.5, 0.6) is 0 Å². The molecule has 0 spiro atoms. The molecule has 188 valence electrons. The largest absolute Gasteiger partial charge is 0.457 e. The number of halogens is 2. The molecule has 6 nitrogen and oxygen atoms in total. The van der Waals surface area contributed by atoms with E-state index in [1.54, 1.807) is 49.4 Å². The Morgan fingerprint density at radius 3 is 2.47 bits per heavy atom. The van der Waals surface area contributed by atoms with Gasteiger partial charge in [-0.25, -0.2) is 4.79 Å². The Balaban J connectivity index is 0.00000294. The number of nitrogens with one attached hydrogen (secondary N) is 1. The summed E-state index contributed by atoms with van der Waals surface area (Å²) in [5, 5.41) is 3.96. The number of amides is 1. The van der Waals surface area contributed by atoms with Gasteiger partial charge in [0.1, 0.15) is 6.56 Å². The van der Waals surface area contributed by atoms with Crippen molar-refractivity contribution in [2.75, 3.05) is 11.8 Å². The zero-order valence-electron chi connectivity index (χ0n) is 24.6. The first-order valence-electron chi connectivity index (χ1n) is 13.1. The number of rotatable bonds is 7. The van der Waals surface area contributed by atoms with Crippen LogP contribution in [0.2, 0.25) is 0 Å². The molecule has 36 heavy (non-hydrogen) atoms. The number of carbonyl (C=O) groups excluding carboxylic acids is 2. The van der Waals surface area contributed by atoms with E-state index in [9.17, 15) is 9.59 Å². The molecule has 1 aromatic heterocycles. The number of benzene rings is 3. The number of nitrogens with two attached hydrogens (primary N) is 1. The molecule has 3 aromatic carbocycles. The van der Waals surface area contributed by atoms with Crippen LogP contribution in [0.3, 0.4) is 0 Å². The molecule has 0 aliphatic carbocycles. The number of aromatic nitrogens is 1. The van der Waals surface area contributed by atoms with Crippen LogP contribution in [0.4, 0.5) is 5.69 Å². The van der Waals surface area contributed by atoms with Gasteiger partial charge in [-0.3, -0.25) is 9.78 Å². The minimum atomic E-state index is -2.48. The molecule has 0 aliphatic heterocycles. The van der Waals surface area contributed by atoms with Gasteiger partial charge in [0, 0.05) is 32.7 Å². The monoisotopic (exact) mass is 530 g/mol. The summed E-state index contributed by atoms with van der Waals surface area (Å²) in [6.07, 6.45) is 1.58. The summed E-state index contributed by atoms with van der Waals surface area (Å²) in [6, 6.07) is 17.1. The quantitative estimate of drug-likeness (QED) is 0.297. The van der Waals surface area contributed by atoms with E-state index in [2.05, 4.69) is 10.3 Å². The first-order chi connectivity index (χ1) is 18.3. The lowest BCUT2D eigenvalue weighted by Crippen LogP contribution is -2.27. The van der Waals surface area contributed by atoms with Gasteiger partial charge in [0.25, 0.3) is 0 Å². The molecule has 0 aliphatic rings. The first kappa shape index (κ1) is 21.8. The minimum Gasteiger partial charge on any atom is -0.457 e. The van der Waals surface area contributed by atoms with E-state index >= 15 is 0 Å². The summed E-state index contributed by atoms with van der Waals surface area (Å²) in [5.41, 5.74) is 8.22. The van der Waals surface area contributed by atoms with Crippen LogP contribution in [0, 0.1) is 13.8 Å². The molecule has 4 aromatic rings. The highest BCUT2D eigenvalue weighted by Crippen LogP contribution is 2.22. The third-order valence-corrected chi connectivity index (χ3v) is 5.37. The average Bonchev–Trinajstić information content (AvgIpc) is 2.83. The molecule has 0 radical (unpaired) electrons. The fourth-order valence-corrected chi connectivity index (χ4v) is 3.59. The average molecular weight is 531 g/mol. The number of pyridine rings is 1. The summed E-state index contributed by atoms with van der Waals surface area (Å²) in [6.45, 7) is -1.31. The Morgan fingerprint density at radius 1 is 1.03 bits per heavy atom. The molecular weight excluding hydrogens is 497 g/mol. The lowest BCUT2D eigenvalue weighted by Gasteiger charge is -2.16. The molecule has 0 fully saturated rings. The third kappa shape index (κ3) is 6.82. The fraction of sp³-hybridized carbons (Fsp3) is 0.179. The molecule has 1 atom stereocenters. The predicted molar refractivity (Wildman–Crippen MR) is 148 cm³/mol. The van der Waals surface area contributed by atoms with Crippen molar-refractivity contribution in [2.24, 2.45) is 5.73 Å². The summed E-state index contributed by atoms with van der Waals surface area (Å²) >= 11 is 0. The first-order valence-corrected chi connectivity index (χ1v) is 10.6. The number of fused-ring (bicyclic) bond motifs is 1. The number of ether oxygens (including phenoxy) is 1. The van der Waals surface area contributed by atoms with Crippen molar-refractivity contribution >= 4 is 53.2 Å². The molecule has 1 unspecified atom stereocenters. The highest BCUT2D eigenvalue weighted by molar-refractivity contribution is 5.98. The number of nitrogens with zero attached hydrogens (tertiary/aromatic N) is 1. The van der Waals surface area contributed by atoms with Crippen molar-refractivity contribution in [3.63, 3.8) is 0 Å². The molecule has 0 saturated heterocycles. The Bertz CT molecular complexity index is 1560. The van der Waals surface area contributed by atoms with E-state index < -0.39 is 30.9 Å². The number of anilines is 1. The molecule has 1 heterocycles. The van der Waals surface area contributed by atoms with Crippen LogP contribution in [0.25, 0.3) is 10.8 Å². The molecule has 0 bridgehead atoms. The predicted octanol–water partition coefficient (Wildman–Crippen LogP) is 5.73. The van der Waals surface area contributed by atoms with Crippen molar-refractivity contribution < 1.29 is 21.2 Å². The lowest BCUT2D eigenvalue weighted by atomic mass is 9.97. The molecule has 3 N–H and O–H groups in total. The van der Waals surface area contributed by atoms with Crippen molar-refractivity contribution in [2.45, 2.75) is 26.3 Å². The Kier molecular flexibility index (Phi) is 7.89. The molecule has 4 rings (SSSR count). The number of carbonyl (C=O) groups is 2. The topological polar surface area (TPSA) is 94.3 Å². The molecule has 0 saturated carbocycles. The highest BCUT2D eigenvalue weighted by Gasteiger charge is 2.19. The van der Waals surface area contributed by atoms with Crippen molar-refractivity contribution in [3.05, 3.63) is 107 Å². The fourth-order valence-electron chi connectivity index (χ4n) is 3.59.